The molecule has 1 aromatic heterocycles. The number of carbonyl (C=O) groups is 2. The highest BCUT2D eigenvalue weighted by Gasteiger charge is 2.04. The molecule has 86 valence electrons. The van der Waals surface area contributed by atoms with E-state index in [1.54, 1.807) is 6.07 Å². The topological polar surface area (TPSA) is 75.6 Å². The minimum atomic E-state index is -1.00. The second kappa shape index (κ2) is 5.92. The Morgan fingerprint density at radius 2 is 2.38 bits per heavy atom. The number of alkyl carbamates (subject to hydrolysis) is 1. The summed E-state index contributed by atoms with van der Waals surface area (Å²) >= 11 is 1.44. The fourth-order valence-corrected chi connectivity index (χ4v) is 1.83. The Morgan fingerprint density at radius 3 is 3.00 bits per heavy atom. The molecule has 0 aliphatic heterocycles. The number of thiophene rings is 1. The highest BCUT2D eigenvalue weighted by atomic mass is 32.1. The van der Waals surface area contributed by atoms with Crippen LogP contribution in [0.2, 0.25) is 0 Å². The number of hydrogen-bond donors (Lipinski definition) is 2. The van der Waals surface area contributed by atoms with Crippen molar-refractivity contribution in [3.63, 3.8) is 0 Å². The maximum Gasteiger partial charge on any atom is 0.407 e. The number of carboxylic acid groups (broad SMARTS) is 1. The van der Waals surface area contributed by atoms with Crippen molar-refractivity contribution in [3.05, 3.63) is 28.0 Å². The third kappa shape index (κ3) is 3.74. The zero-order valence-electron chi connectivity index (χ0n) is 8.60. The normalized spacial score (nSPS) is 10.3. The summed E-state index contributed by atoms with van der Waals surface area (Å²) in [6, 6.07) is 1.79. The van der Waals surface area contributed by atoms with Crippen LogP contribution < -0.4 is 5.32 Å². The number of rotatable bonds is 4. The first-order chi connectivity index (χ1) is 7.63. The van der Waals surface area contributed by atoms with Crippen molar-refractivity contribution in [2.24, 2.45) is 0 Å². The highest BCUT2D eigenvalue weighted by Crippen LogP contribution is 2.18. The highest BCUT2D eigenvalue weighted by molar-refractivity contribution is 7.10. The van der Waals surface area contributed by atoms with Crippen LogP contribution in [0.1, 0.15) is 10.4 Å². The van der Waals surface area contributed by atoms with Crippen molar-refractivity contribution in [2.75, 3.05) is 7.11 Å². The smallest absolute Gasteiger partial charge is 0.407 e. The van der Waals surface area contributed by atoms with Gasteiger partial charge in [0, 0.05) is 11.0 Å². The van der Waals surface area contributed by atoms with E-state index in [0.717, 1.165) is 16.5 Å². The van der Waals surface area contributed by atoms with Crippen molar-refractivity contribution in [2.45, 2.75) is 6.54 Å². The fourth-order valence-electron chi connectivity index (χ4n) is 1.03. The molecule has 1 rings (SSSR count). The van der Waals surface area contributed by atoms with Crippen molar-refractivity contribution >= 4 is 29.5 Å². The molecule has 5 nitrogen and oxygen atoms in total. The van der Waals surface area contributed by atoms with Crippen molar-refractivity contribution in [1.82, 2.24) is 5.32 Å². The largest absolute Gasteiger partial charge is 0.478 e. The number of aliphatic carboxylic acids is 1. The number of carbonyl (C=O) groups excluding carboxylic acids is 1. The molecule has 6 heteroatoms. The zero-order chi connectivity index (χ0) is 12.0. The minimum absolute atomic E-state index is 0.323. The van der Waals surface area contributed by atoms with E-state index in [0.29, 0.717) is 6.54 Å². The summed E-state index contributed by atoms with van der Waals surface area (Å²) in [5.74, 6) is -1.00. The van der Waals surface area contributed by atoms with Gasteiger partial charge in [0.1, 0.15) is 0 Å². The molecule has 1 aromatic rings. The van der Waals surface area contributed by atoms with Crippen LogP contribution in [0.3, 0.4) is 0 Å². The van der Waals surface area contributed by atoms with E-state index >= 15 is 0 Å². The first-order valence-corrected chi connectivity index (χ1v) is 5.30. The first-order valence-electron chi connectivity index (χ1n) is 4.42. The SMILES string of the molecule is COC(=O)NCc1sccc1C=CC(=O)O. The lowest BCUT2D eigenvalue weighted by atomic mass is 10.2. The third-order valence-corrected chi connectivity index (χ3v) is 2.70. The Morgan fingerprint density at radius 1 is 1.62 bits per heavy atom. The van der Waals surface area contributed by atoms with Crippen molar-refractivity contribution < 1.29 is 19.4 Å². The molecule has 0 aromatic carbocycles. The average Bonchev–Trinajstić information content (AvgIpc) is 2.70. The maximum absolute atomic E-state index is 10.8. The van der Waals surface area contributed by atoms with E-state index in [1.165, 1.54) is 24.5 Å². The van der Waals surface area contributed by atoms with Gasteiger partial charge in [-0.3, -0.25) is 0 Å². The second-order valence-electron chi connectivity index (χ2n) is 2.82. The molecule has 16 heavy (non-hydrogen) atoms. The summed E-state index contributed by atoms with van der Waals surface area (Å²) in [6.07, 6.45) is 2.04. The van der Waals surface area contributed by atoms with Crippen molar-refractivity contribution in [3.8, 4) is 0 Å². The van der Waals surface area contributed by atoms with Gasteiger partial charge in [-0.15, -0.1) is 11.3 Å². The number of methoxy groups -OCH3 is 1. The Balaban J connectivity index is 2.63. The van der Waals surface area contributed by atoms with Crippen LogP contribution in [-0.2, 0) is 16.1 Å². The van der Waals surface area contributed by atoms with E-state index in [4.69, 9.17) is 5.11 Å². The predicted octanol–water partition coefficient (Wildman–Crippen LogP) is 1.70. The summed E-state index contributed by atoms with van der Waals surface area (Å²) in [4.78, 5) is 22.1. The molecule has 0 fully saturated rings. The number of ether oxygens (including phenoxy) is 1. The van der Waals surface area contributed by atoms with Gasteiger partial charge in [-0.25, -0.2) is 9.59 Å². The Bertz CT molecular complexity index is 411. The molecular weight excluding hydrogens is 230 g/mol. The lowest BCUT2D eigenvalue weighted by molar-refractivity contribution is -0.131. The molecule has 0 unspecified atom stereocenters. The van der Waals surface area contributed by atoms with Gasteiger partial charge in [0.25, 0.3) is 0 Å². The van der Waals surface area contributed by atoms with E-state index in [2.05, 4.69) is 10.1 Å². The molecule has 0 saturated carbocycles. The van der Waals surface area contributed by atoms with Crippen LogP contribution in [0.15, 0.2) is 17.5 Å². The lowest BCUT2D eigenvalue weighted by Gasteiger charge is -2.02. The molecule has 0 atom stereocenters. The summed E-state index contributed by atoms with van der Waals surface area (Å²) in [5, 5.41) is 12.8. The summed E-state index contributed by atoms with van der Waals surface area (Å²) in [5.41, 5.74) is 0.781. The molecule has 0 aliphatic rings. The summed E-state index contributed by atoms with van der Waals surface area (Å²) in [7, 11) is 1.29. The lowest BCUT2D eigenvalue weighted by Crippen LogP contribution is -2.22. The van der Waals surface area contributed by atoms with Gasteiger partial charge in [-0.2, -0.15) is 0 Å². The van der Waals surface area contributed by atoms with Crippen LogP contribution in [0.5, 0.6) is 0 Å². The van der Waals surface area contributed by atoms with E-state index in [9.17, 15) is 9.59 Å². The molecule has 0 bridgehead atoms. The fraction of sp³-hybridized carbons (Fsp3) is 0.200. The number of hydrogen-bond acceptors (Lipinski definition) is 4. The molecule has 1 heterocycles. The molecule has 0 saturated heterocycles. The minimum Gasteiger partial charge on any atom is -0.478 e. The number of nitrogens with one attached hydrogen (secondary N) is 1. The van der Waals surface area contributed by atoms with Gasteiger partial charge in [0.2, 0.25) is 0 Å². The van der Waals surface area contributed by atoms with Gasteiger partial charge < -0.3 is 15.2 Å². The number of amides is 1. The summed E-state index contributed by atoms with van der Waals surface area (Å²) in [6.45, 7) is 0.323. The summed E-state index contributed by atoms with van der Waals surface area (Å²) < 4.78 is 4.43. The quantitative estimate of drug-likeness (QED) is 0.787. The van der Waals surface area contributed by atoms with Gasteiger partial charge in [0.05, 0.1) is 13.7 Å². The maximum atomic E-state index is 10.8. The van der Waals surface area contributed by atoms with Crippen LogP contribution >= 0.6 is 11.3 Å². The molecule has 1 amide bonds. The molecule has 0 aliphatic carbocycles. The monoisotopic (exact) mass is 241 g/mol. The molecule has 0 radical (unpaired) electrons. The van der Waals surface area contributed by atoms with Gasteiger partial charge in [-0.05, 0) is 23.1 Å². The third-order valence-electron chi connectivity index (χ3n) is 1.76. The zero-order valence-corrected chi connectivity index (χ0v) is 9.41. The van der Waals surface area contributed by atoms with Crippen LogP contribution in [0.25, 0.3) is 6.08 Å². The van der Waals surface area contributed by atoms with Gasteiger partial charge >= 0.3 is 12.1 Å². The van der Waals surface area contributed by atoms with Crippen LogP contribution in [0.4, 0.5) is 4.79 Å². The Labute approximate surface area is 96.4 Å². The van der Waals surface area contributed by atoms with Crippen LogP contribution in [-0.4, -0.2) is 24.3 Å². The van der Waals surface area contributed by atoms with E-state index in [-0.39, 0.29) is 0 Å². The second-order valence-corrected chi connectivity index (χ2v) is 3.82. The van der Waals surface area contributed by atoms with Gasteiger partial charge in [-0.1, -0.05) is 0 Å². The molecular formula is C10H11NO4S. The molecule has 0 spiro atoms. The Hall–Kier alpha value is -1.82. The molecule has 2 N–H and O–H groups in total. The first kappa shape index (κ1) is 12.3. The standard InChI is InChI=1S/C10H11NO4S/c1-15-10(14)11-6-8-7(4-5-16-8)2-3-9(12)13/h2-5H,6H2,1H3,(H,11,14)(H,12,13). The van der Waals surface area contributed by atoms with Crippen molar-refractivity contribution in [1.29, 1.82) is 0 Å². The van der Waals surface area contributed by atoms with Crippen LogP contribution in [0, 0.1) is 0 Å². The van der Waals surface area contributed by atoms with E-state index in [1.807, 2.05) is 5.38 Å². The van der Waals surface area contributed by atoms with Gasteiger partial charge in [0.15, 0.2) is 0 Å². The predicted molar refractivity (Wildman–Crippen MR) is 60.2 cm³/mol. The number of carboxylic acids is 1. The average molecular weight is 241 g/mol. The van der Waals surface area contributed by atoms with E-state index < -0.39 is 12.1 Å². The Kier molecular flexibility index (Phi) is 4.53.